The van der Waals surface area contributed by atoms with E-state index >= 15 is 0 Å². The fourth-order valence-electron chi connectivity index (χ4n) is 3.08. The molecule has 1 N–H and O–H groups in total. The first-order chi connectivity index (χ1) is 13.1. The summed E-state index contributed by atoms with van der Waals surface area (Å²) in [5.74, 6) is -0.404. The van der Waals surface area contributed by atoms with Crippen molar-refractivity contribution in [1.82, 2.24) is 4.57 Å². The van der Waals surface area contributed by atoms with Crippen molar-refractivity contribution in [1.29, 1.82) is 0 Å². The Labute approximate surface area is 168 Å². The van der Waals surface area contributed by atoms with Crippen LogP contribution in [0.5, 0.6) is 0 Å². The molecular weight excluding hydrogens is 415 g/mol. The van der Waals surface area contributed by atoms with Crippen molar-refractivity contribution in [2.45, 2.75) is 38.4 Å². The lowest BCUT2D eigenvalue weighted by molar-refractivity contribution is -0.144. The lowest BCUT2D eigenvalue weighted by Crippen LogP contribution is -2.22. The van der Waals surface area contributed by atoms with Crippen LogP contribution >= 0.6 is 22.9 Å². The molecule has 2 aromatic rings. The number of terminal acetylenes is 1. The molecule has 9 heteroatoms. The van der Waals surface area contributed by atoms with Crippen molar-refractivity contribution >= 4 is 28.9 Å². The van der Waals surface area contributed by atoms with Gasteiger partial charge in [-0.2, -0.15) is 13.2 Å². The van der Waals surface area contributed by atoms with E-state index in [9.17, 15) is 27.9 Å². The second-order valence-corrected chi connectivity index (χ2v) is 7.79. The summed E-state index contributed by atoms with van der Waals surface area (Å²) < 4.78 is 40.8. The van der Waals surface area contributed by atoms with Crippen LogP contribution in [-0.2, 0) is 23.9 Å². The number of thiazole rings is 1. The van der Waals surface area contributed by atoms with Crippen LogP contribution in [0.3, 0.4) is 0 Å². The van der Waals surface area contributed by atoms with E-state index in [1.807, 2.05) is 0 Å². The van der Waals surface area contributed by atoms with Crippen LogP contribution in [0.25, 0.3) is 0 Å². The lowest BCUT2D eigenvalue weighted by atomic mass is 9.84. The van der Waals surface area contributed by atoms with Crippen LogP contribution in [0.15, 0.2) is 29.1 Å². The molecule has 0 amide bonds. The maximum absolute atomic E-state index is 13.4. The maximum atomic E-state index is 13.4. The van der Waals surface area contributed by atoms with E-state index in [0.717, 1.165) is 0 Å². The van der Waals surface area contributed by atoms with E-state index in [1.165, 1.54) is 0 Å². The zero-order valence-electron chi connectivity index (χ0n) is 14.8. The van der Waals surface area contributed by atoms with Gasteiger partial charge in [0, 0.05) is 9.90 Å². The summed E-state index contributed by atoms with van der Waals surface area (Å²) >= 11 is 6.32. The molecule has 150 valence electrons. The standard InChI is InChI=1S/C19H17ClF3NO3S/c1-3-10-24-16(19(21,22)23)14(28-18(24)27)9-4-11(2)15(17(25)26)12-5-7-13(20)8-6-12/h1,5-8,11,15H,4,9-10H2,2H3,(H,25,26). The number of rotatable bonds is 7. The highest BCUT2D eigenvalue weighted by Crippen LogP contribution is 2.36. The Morgan fingerprint density at radius 1 is 1.36 bits per heavy atom. The molecule has 2 rings (SSSR count). The molecule has 0 aliphatic heterocycles. The number of aliphatic carboxylic acids is 1. The normalized spacial score (nSPS) is 13.7. The molecular formula is C19H17ClF3NO3S. The molecule has 2 unspecified atom stereocenters. The van der Waals surface area contributed by atoms with Gasteiger partial charge in [-0.05, 0) is 36.5 Å². The Morgan fingerprint density at radius 3 is 2.46 bits per heavy atom. The van der Waals surface area contributed by atoms with Gasteiger partial charge in [0.25, 0.3) is 0 Å². The number of carboxylic acid groups (broad SMARTS) is 1. The molecule has 0 aliphatic carbocycles. The van der Waals surface area contributed by atoms with Gasteiger partial charge < -0.3 is 5.11 Å². The predicted octanol–water partition coefficient (Wildman–Crippen LogP) is 4.65. The van der Waals surface area contributed by atoms with E-state index in [0.29, 0.717) is 26.5 Å². The van der Waals surface area contributed by atoms with Gasteiger partial charge in [-0.1, -0.05) is 47.9 Å². The Morgan fingerprint density at radius 2 is 1.96 bits per heavy atom. The molecule has 0 aliphatic rings. The van der Waals surface area contributed by atoms with E-state index in [2.05, 4.69) is 5.92 Å². The van der Waals surface area contributed by atoms with Crippen LogP contribution in [0.4, 0.5) is 13.2 Å². The van der Waals surface area contributed by atoms with E-state index in [1.54, 1.807) is 31.2 Å². The number of benzene rings is 1. The summed E-state index contributed by atoms with van der Waals surface area (Å²) in [4.78, 5) is 22.7. The molecule has 0 bridgehead atoms. The summed E-state index contributed by atoms with van der Waals surface area (Å²) in [5, 5.41) is 10.0. The van der Waals surface area contributed by atoms with Crippen LogP contribution in [0.1, 0.15) is 35.4 Å². The number of aryl methyl sites for hydroxylation is 1. The summed E-state index contributed by atoms with van der Waals surface area (Å²) in [6, 6.07) is 6.29. The summed E-state index contributed by atoms with van der Waals surface area (Å²) in [5.41, 5.74) is -0.537. The number of carboxylic acids is 1. The Kier molecular flexibility index (Phi) is 6.96. The molecule has 0 radical (unpaired) electrons. The van der Waals surface area contributed by atoms with Crippen molar-refractivity contribution < 1.29 is 23.1 Å². The van der Waals surface area contributed by atoms with Crippen molar-refractivity contribution in [3.8, 4) is 12.3 Å². The van der Waals surface area contributed by atoms with Crippen molar-refractivity contribution in [3.63, 3.8) is 0 Å². The van der Waals surface area contributed by atoms with E-state index < -0.39 is 41.1 Å². The average Bonchev–Trinajstić information content (AvgIpc) is 2.91. The first-order valence-corrected chi connectivity index (χ1v) is 9.47. The highest BCUT2D eigenvalue weighted by molar-refractivity contribution is 7.09. The van der Waals surface area contributed by atoms with E-state index in [-0.39, 0.29) is 17.7 Å². The van der Waals surface area contributed by atoms with Gasteiger partial charge in [-0.25, -0.2) is 0 Å². The molecule has 1 aromatic carbocycles. The van der Waals surface area contributed by atoms with Gasteiger partial charge in [0.15, 0.2) is 0 Å². The molecule has 1 aromatic heterocycles. The van der Waals surface area contributed by atoms with Crippen LogP contribution in [0.2, 0.25) is 5.02 Å². The molecule has 0 saturated heterocycles. The molecule has 0 saturated carbocycles. The van der Waals surface area contributed by atoms with Gasteiger partial charge in [0.2, 0.25) is 0 Å². The molecule has 0 spiro atoms. The third-order valence-corrected chi connectivity index (χ3v) is 5.66. The first kappa shape index (κ1) is 22.1. The number of halogens is 4. The predicted molar refractivity (Wildman–Crippen MR) is 102 cm³/mol. The van der Waals surface area contributed by atoms with Crippen molar-refractivity contribution in [2.24, 2.45) is 5.92 Å². The lowest BCUT2D eigenvalue weighted by Gasteiger charge is -2.21. The highest BCUT2D eigenvalue weighted by Gasteiger charge is 2.39. The number of hydrogen-bond acceptors (Lipinski definition) is 3. The fraction of sp³-hybridized carbons (Fsp3) is 0.368. The fourth-order valence-corrected chi connectivity index (χ4v) is 4.22. The molecule has 4 nitrogen and oxygen atoms in total. The van der Waals surface area contributed by atoms with Crippen LogP contribution in [-0.4, -0.2) is 15.6 Å². The van der Waals surface area contributed by atoms with Crippen LogP contribution in [0, 0.1) is 18.3 Å². The zero-order valence-corrected chi connectivity index (χ0v) is 16.4. The maximum Gasteiger partial charge on any atom is 0.432 e. The largest absolute Gasteiger partial charge is 0.481 e. The van der Waals surface area contributed by atoms with Gasteiger partial charge >= 0.3 is 17.0 Å². The zero-order chi connectivity index (χ0) is 21.1. The summed E-state index contributed by atoms with van der Waals surface area (Å²) in [7, 11) is 0. The number of nitrogens with zero attached hydrogens (tertiary/aromatic N) is 1. The minimum absolute atomic E-state index is 0.0785. The molecule has 0 fully saturated rings. The third-order valence-electron chi connectivity index (χ3n) is 4.37. The quantitative estimate of drug-likeness (QED) is 0.649. The van der Waals surface area contributed by atoms with Crippen LogP contribution < -0.4 is 4.87 Å². The first-order valence-electron chi connectivity index (χ1n) is 8.27. The Bertz CT molecular complexity index is 941. The minimum Gasteiger partial charge on any atom is -0.481 e. The Balaban J connectivity index is 2.28. The smallest absolute Gasteiger partial charge is 0.432 e. The second kappa shape index (κ2) is 8.84. The topological polar surface area (TPSA) is 59.3 Å². The minimum atomic E-state index is -4.73. The molecule has 2 atom stereocenters. The van der Waals surface area contributed by atoms with Gasteiger partial charge in [0.05, 0.1) is 12.5 Å². The van der Waals surface area contributed by atoms with Crippen molar-refractivity contribution in [2.75, 3.05) is 0 Å². The monoisotopic (exact) mass is 431 g/mol. The number of alkyl halides is 3. The van der Waals surface area contributed by atoms with Gasteiger partial charge in [0.1, 0.15) is 5.69 Å². The summed E-state index contributed by atoms with van der Waals surface area (Å²) in [6.07, 6.45) is 0.422. The number of aromatic nitrogens is 1. The van der Waals surface area contributed by atoms with Gasteiger partial charge in [-0.3, -0.25) is 14.2 Å². The Hall–Kier alpha value is -2.24. The third kappa shape index (κ3) is 4.97. The van der Waals surface area contributed by atoms with Crippen molar-refractivity contribution in [3.05, 3.63) is 55.1 Å². The highest BCUT2D eigenvalue weighted by atomic mass is 35.5. The number of carbonyl (C=O) groups is 1. The van der Waals surface area contributed by atoms with Gasteiger partial charge in [-0.15, -0.1) is 6.42 Å². The molecule has 28 heavy (non-hydrogen) atoms. The molecule has 1 heterocycles. The summed E-state index contributed by atoms with van der Waals surface area (Å²) in [6.45, 7) is 1.18. The average molecular weight is 432 g/mol. The van der Waals surface area contributed by atoms with E-state index in [4.69, 9.17) is 18.0 Å². The second-order valence-electron chi connectivity index (χ2n) is 6.31. The SMILES string of the molecule is C#CCn1c(C(F)(F)F)c(CCC(C)C(C(=O)O)c2ccc(Cl)cc2)sc1=O. The number of hydrogen-bond donors (Lipinski definition) is 1.